The molecule has 0 unspecified atom stereocenters. The highest BCUT2D eigenvalue weighted by Crippen LogP contribution is 2.16. The summed E-state index contributed by atoms with van der Waals surface area (Å²) < 4.78 is 13.6. The number of rotatable bonds is 8. The summed E-state index contributed by atoms with van der Waals surface area (Å²) in [5, 5.41) is 11.6. The number of nitrogens with one attached hydrogen (secondary N) is 1. The molecule has 1 heterocycles. The number of aliphatic hydroxyl groups is 1. The lowest BCUT2D eigenvalue weighted by molar-refractivity contribution is 0.283. The standard InChI is InChI=1S/C12H21FN4O/c1-3-14-12-15-9-10(13)11(16-12)17(2)7-5-4-6-8-18/h9,18H,3-8H2,1-2H3,(H,14,15,16). The molecule has 6 heteroatoms. The van der Waals surface area contributed by atoms with E-state index >= 15 is 0 Å². The molecule has 18 heavy (non-hydrogen) atoms. The molecule has 0 aliphatic rings. The second kappa shape index (κ2) is 7.81. The number of aromatic nitrogens is 2. The predicted octanol–water partition coefficient (Wildman–Crippen LogP) is 1.65. The zero-order valence-electron chi connectivity index (χ0n) is 11.0. The van der Waals surface area contributed by atoms with Crippen molar-refractivity contribution >= 4 is 11.8 Å². The minimum Gasteiger partial charge on any atom is -0.396 e. The summed E-state index contributed by atoms with van der Waals surface area (Å²) >= 11 is 0. The highest BCUT2D eigenvalue weighted by atomic mass is 19.1. The third-order valence-electron chi connectivity index (χ3n) is 2.57. The van der Waals surface area contributed by atoms with Crippen LogP contribution in [0.5, 0.6) is 0 Å². The first-order chi connectivity index (χ1) is 8.69. The van der Waals surface area contributed by atoms with Crippen LogP contribution in [0.3, 0.4) is 0 Å². The molecule has 0 saturated carbocycles. The number of nitrogens with zero attached hydrogens (tertiary/aromatic N) is 3. The number of unbranched alkanes of at least 4 members (excludes halogenated alkanes) is 2. The van der Waals surface area contributed by atoms with Crippen molar-refractivity contribution < 1.29 is 9.50 Å². The van der Waals surface area contributed by atoms with Gasteiger partial charge >= 0.3 is 0 Å². The van der Waals surface area contributed by atoms with Gasteiger partial charge in [-0.05, 0) is 26.2 Å². The molecule has 2 N–H and O–H groups in total. The second-order valence-corrected chi connectivity index (χ2v) is 4.10. The molecular formula is C12H21FN4O. The van der Waals surface area contributed by atoms with E-state index in [4.69, 9.17) is 5.11 Å². The van der Waals surface area contributed by atoms with Crippen molar-refractivity contribution in [2.24, 2.45) is 0 Å². The topological polar surface area (TPSA) is 61.3 Å². The van der Waals surface area contributed by atoms with Gasteiger partial charge in [-0.2, -0.15) is 4.98 Å². The molecule has 0 amide bonds. The van der Waals surface area contributed by atoms with Gasteiger partial charge in [0, 0.05) is 26.7 Å². The highest BCUT2D eigenvalue weighted by molar-refractivity contribution is 5.43. The molecule has 0 aromatic carbocycles. The van der Waals surface area contributed by atoms with Gasteiger partial charge in [0.2, 0.25) is 5.95 Å². The molecule has 0 fully saturated rings. The van der Waals surface area contributed by atoms with Gasteiger partial charge < -0.3 is 15.3 Å². The fourth-order valence-corrected chi connectivity index (χ4v) is 1.61. The van der Waals surface area contributed by atoms with Crippen molar-refractivity contribution in [2.45, 2.75) is 26.2 Å². The average Bonchev–Trinajstić information content (AvgIpc) is 2.37. The molecule has 0 aliphatic carbocycles. The van der Waals surface area contributed by atoms with E-state index in [2.05, 4.69) is 15.3 Å². The zero-order valence-corrected chi connectivity index (χ0v) is 11.0. The Morgan fingerprint density at radius 3 is 2.83 bits per heavy atom. The lowest BCUT2D eigenvalue weighted by Gasteiger charge is -2.19. The summed E-state index contributed by atoms with van der Waals surface area (Å²) in [6.45, 7) is 3.55. The van der Waals surface area contributed by atoms with E-state index in [1.807, 2.05) is 6.92 Å². The molecule has 1 aromatic rings. The van der Waals surface area contributed by atoms with Crippen LogP contribution in [0.1, 0.15) is 26.2 Å². The molecule has 0 saturated heterocycles. The molecular weight excluding hydrogens is 235 g/mol. The zero-order chi connectivity index (χ0) is 13.4. The van der Waals surface area contributed by atoms with E-state index in [0.29, 0.717) is 24.9 Å². The minimum atomic E-state index is -0.415. The van der Waals surface area contributed by atoms with E-state index in [1.54, 1.807) is 11.9 Å². The van der Waals surface area contributed by atoms with Crippen molar-refractivity contribution in [1.29, 1.82) is 0 Å². The first kappa shape index (κ1) is 14.6. The van der Waals surface area contributed by atoms with Crippen LogP contribution in [-0.4, -0.2) is 41.8 Å². The first-order valence-corrected chi connectivity index (χ1v) is 6.27. The van der Waals surface area contributed by atoms with Gasteiger partial charge in [-0.15, -0.1) is 0 Å². The number of hydrogen-bond acceptors (Lipinski definition) is 5. The summed E-state index contributed by atoms with van der Waals surface area (Å²) in [4.78, 5) is 9.78. The summed E-state index contributed by atoms with van der Waals surface area (Å²) in [5.74, 6) is 0.336. The molecule has 1 rings (SSSR count). The number of aliphatic hydroxyl groups excluding tert-OH is 1. The van der Waals surface area contributed by atoms with E-state index < -0.39 is 5.82 Å². The van der Waals surface area contributed by atoms with Crippen LogP contribution in [0.25, 0.3) is 0 Å². The van der Waals surface area contributed by atoms with Crippen LogP contribution in [0.4, 0.5) is 16.2 Å². The van der Waals surface area contributed by atoms with Gasteiger partial charge in [0.05, 0.1) is 6.20 Å². The Balaban J connectivity index is 2.59. The summed E-state index contributed by atoms with van der Waals surface area (Å²) in [6.07, 6.45) is 3.79. The van der Waals surface area contributed by atoms with Crippen LogP contribution in [0.2, 0.25) is 0 Å². The number of halogens is 1. The van der Waals surface area contributed by atoms with Crippen molar-refractivity contribution in [3.63, 3.8) is 0 Å². The maximum absolute atomic E-state index is 13.6. The third kappa shape index (κ3) is 4.44. The van der Waals surface area contributed by atoms with Crippen LogP contribution in [0, 0.1) is 5.82 Å². The fraction of sp³-hybridized carbons (Fsp3) is 0.667. The second-order valence-electron chi connectivity index (χ2n) is 4.10. The third-order valence-corrected chi connectivity index (χ3v) is 2.57. The number of anilines is 2. The van der Waals surface area contributed by atoms with Crippen LogP contribution >= 0.6 is 0 Å². The van der Waals surface area contributed by atoms with E-state index in [0.717, 1.165) is 19.3 Å². The molecule has 0 aliphatic heterocycles. The molecule has 0 radical (unpaired) electrons. The Labute approximate surface area is 107 Å². The van der Waals surface area contributed by atoms with Crippen molar-refractivity contribution in [3.8, 4) is 0 Å². The largest absolute Gasteiger partial charge is 0.396 e. The molecule has 0 bridgehead atoms. The van der Waals surface area contributed by atoms with Crippen molar-refractivity contribution in [2.75, 3.05) is 37.0 Å². The Kier molecular flexibility index (Phi) is 6.35. The van der Waals surface area contributed by atoms with Gasteiger partial charge in [-0.1, -0.05) is 0 Å². The summed E-state index contributed by atoms with van der Waals surface area (Å²) in [6, 6.07) is 0. The first-order valence-electron chi connectivity index (χ1n) is 6.27. The molecule has 1 aromatic heterocycles. The molecule has 102 valence electrons. The lowest BCUT2D eigenvalue weighted by Crippen LogP contribution is -2.22. The fourth-order valence-electron chi connectivity index (χ4n) is 1.61. The monoisotopic (exact) mass is 256 g/mol. The van der Waals surface area contributed by atoms with Gasteiger partial charge in [0.15, 0.2) is 11.6 Å². The molecule has 0 atom stereocenters. The van der Waals surface area contributed by atoms with E-state index in [1.165, 1.54) is 6.20 Å². The maximum atomic E-state index is 13.6. The Hall–Kier alpha value is -1.43. The molecule has 5 nitrogen and oxygen atoms in total. The summed E-state index contributed by atoms with van der Waals surface area (Å²) in [7, 11) is 1.81. The SMILES string of the molecule is CCNc1ncc(F)c(N(C)CCCCCO)n1. The van der Waals surface area contributed by atoms with Gasteiger partial charge in [-0.25, -0.2) is 9.37 Å². The van der Waals surface area contributed by atoms with E-state index in [9.17, 15) is 4.39 Å². The lowest BCUT2D eigenvalue weighted by atomic mass is 10.2. The minimum absolute atomic E-state index is 0.205. The van der Waals surface area contributed by atoms with Crippen LogP contribution in [0.15, 0.2) is 6.20 Å². The van der Waals surface area contributed by atoms with Gasteiger partial charge in [-0.3, -0.25) is 0 Å². The van der Waals surface area contributed by atoms with Crippen molar-refractivity contribution in [1.82, 2.24) is 9.97 Å². The van der Waals surface area contributed by atoms with Gasteiger partial charge in [0.1, 0.15) is 0 Å². The van der Waals surface area contributed by atoms with Crippen molar-refractivity contribution in [3.05, 3.63) is 12.0 Å². The highest BCUT2D eigenvalue weighted by Gasteiger charge is 2.11. The van der Waals surface area contributed by atoms with E-state index in [-0.39, 0.29) is 6.61 Å². The molecule has 0 spiro atoms. The smallest absolute Gasteiger partial charge is 0.224 e. The van der Waals surface area contributed by atoms with Gasteiger partial charge in [0.25, 0.3) is 0 Å². The maximum Gasteiger partial charge on any atom is 0.224 e. The van der Waals surface area contributed by atoms with Crippen LogP contribution < -0.4 is 10.2 Å². The summed E-state index contributed by atoms with van der Waals surface area (Å²) in [5.41, 5.74) is 0. The predicted molar refractivity (Wildman–Crippen MR) is 70.4 cm³/mol. The average molecular weight is 256 g/mol. The Morgan fingerprint density at radius 1 is 1.39 bits per heavy atom. The normalized spacial score (nSPS) is 10.4. The Bertz CT molecular complexity index is 362. The quantitative estimate of drug-likeness (QED) is 0.692. The Morgan fingerprint density at radius 2 is 2.17 bits per heavy atom. The number of hydrogen-bond donors (Lipinski definition) is 2. The van der Waals surface area contributed by atoms with Crippen LogP contribution in [-0.2, 0) is 0 Å².